The zero-order chi connectivity index (χ0) is 15.8. The van der Waals surface area contributed by atoms with E-state index in [1.54, 1.807) is 0 Å². The molecule has 0 aliphatic carbocycles. The zero-order valence-corrected chi connectivity index (χ0v) is 18.4. The molecule has 2 nitrogen and oxygen atoms in total. The Morgan fingerprint density at radius 2 is 1.14 bits per heavy atom. The van der Waals surface area contributed by atoms with E-state index in [0.717, 1.165) is 12.8 Å². The van der Waals surface area contributed by atoms with Gasteiger partial charge in [-0.2, -0.15) is 0 Å². The van der Waals surface area contributed by atoms with Crippen LogP contribution < -0.4 is 0 Å². The molecule has 1 atom stereocenters. The standard InChI is InChI=1S/C18H35BrO2.Ca.2H/c1-2-3-4-5-6-7-8-9-10-11-12-13-14-15-16-17(19)18(20)21;;;/h17H,2-16H2,1H3,(H,20,21);;;/q;+2;2*-1. The maximum Gasteiger partial charge on any atom is 2.00 e. The maximum atomic E-state index is 10.6. The Balaban J connectivity index is -0.000000667. The molecule has 0 fully saturated rings. The average Bonchev–Trinajstić information content (AvgIpc) is 2.47. The van der Waals surface area contributed by atoms with Gasteiger partial charge in [0.25, 0.3) is 0 Å². The van der Waals surface area contributed by atoms with Gasteiger partial charge in [0, 0.05) is 0 Å². The summed E-state index contributed by atoms with van der Waals surface area (Å²) in [6, 6.07) is 0. The first-order chi connectivity index (χ1) is 10.2. The van der Waals surface area contributed by atoms with Gasteiger partial charge < -0.3 is 7.96 Å². The van der Waals surface area contributed by atoms with E-state index in [9.17, 15) is 4.79 Å². The molecule has 22 heavy (non-hydrogen) atoms. The largest absolute Gasteiger partial charge is 2.00 e. The van der Waals surface area contributed by atoms with Crippen molar-refractivity contribution in [3.05, 3.63) is 0 Å². The first-order valence-corrected chi connectivity index (χ1v) is 9.97. The molecule has 130 valence electrons. The fourth-order valence-corrected chi connectivity index (χ4v) is 2.97. The van der Waals surface area contributed by atoms with Gasteiger partial charge in [0.2, 0.25) is 0 Å². The van der Waals surface area contributed by atoms with E-state index in [2.05, 4.69) is 22.9 Å². The molecule has 1 unspecified atom stereocenters. The van der Waals surface area contributed by atoms with Gasteiger partial charge in [0.05, 0.1) is 0 Å². The molecule has 0 aliphatic rings. The molecule has 0 aromatic carbocycles. The normalized spacial score (nSPS) is 11.9. The molecule has 4 heteroatoms. The molecular formula is C18H37BrCaO2. The van der Waals surface area contributed by atoms with Crippen molar-refractivity contribution in [2.24, 2.45) is 0 Å². The Kier molecular flexibility index (Phi) is 23.4. The second-order valence-electron chi connectivity index (χ2n) is 6.19. The Labute approximate surface area is 179 Å². The smallest absolute Gasteiger partial charge is 1.00 e. The molecule has 0 bridgehead atoms. The molecule has 0 rings (SSSR count). The number of rotatable bonds is 16. The van der Waals surface area contributed by atoms with Crippen LogP contribution in [0, 0.1) is 0 Å². The van der Waals surface area contributed by atoms with E-state index in [0.29, 0.717) is 0 Å². The van der Waals surface area contributed by atoms with E-state index >= 15 is 0 Å². The molecule has 0 spiro atoms. The van der Waals surface area contributed by atoms with Gasteiger partial charge in [-0.15, -0.1) is 0 Å². The number of unbranched alkanes of at least 4 members (excludes halogenated alkanes) is 13. The van der Waals surface area contributed by atoms with Gasteiger partial charge >= 0.3 is 43.7 Å². The zero-order valence-electron chi connectivity index (χ0n) is 16.6. The Hall–Kier alpha value is 1.21. The molecular weight excluding hydrogens is 368 g/mol. The van der Waals surface area contributed by atoms with Crippen LogP contribution >= 0.6 is 15.9 Å². The topological polar surface area (TPSA) is 37.3 Å². The average molecular weight is 405 g/mol. The fourth-order valence-electron chi connectivity index (χ4n) is 2.64. The van der Waals surface area contributed by atoms with Crippen LogP contribution in [0.3, 0.4) is 0 Å². The van der Waals surface area contributed by atoms with Gasteiger partial charge in [-0.05, 0) is 6.42 Å². The summed E-state index contributed by atoms with van der Waals surface area (Å²) in [7, 11) is 0. The van der Waals surface area contributed by atoms with Crippen LogP contribution in [0.15, 0.2) is 0 Å². The Morgan fingerprint density at radius 3 is 1.45 bits per heavy atom. The minimum absolute atomic E-state index is 0. The molecule has 0 aromatic rings. The van der Waals surface area contributed by atoms with E-state index in [1.807, 2.05) is 0 Å². The first kappa shape index (κ1) is 25.4. The number of aliphatic carboxylic acids is 1. The number of carbonyl (C=O) groups is 1. The van der Waals surface area contributed by atoms with Gasteiger partial charge in [-0.25, -0.2) is 0 Å². The van der Waals surface area contributed by atoms with E-state index in [1.165, 1.54) is 83.5 Å². The third kappa shape index (κ3) is 19.3. The van der Waals surface area contributed by atoms with E-state index in [-0.39, 0.29) is 45.4 Å². The summed E-state index contributed by atoms with van der Waals surface area (Å²) in [4.78, 5) is 10.3. The minimum Gasteiger partial charge on any atom is -1.00 e. The monoisotopic (exact) mass is 404 g/mol. The molecule has 0 heterocycles. The number of halogens is 1. The number of hydrogen-bond donors (Lipinski definition) is 1. The fraction of sp³-hybridized carbons (Fsp3) is 0.944. The third-order valence-corrected chi connectivity index (χ3v) is 4.93. The van der Waals surface area contributed by atoms with Crippen LogP contribution in [0.4, 0.5) is 0 Å². The van der Waals surface area contributed by atoms with Crippen LogP contribution in [0.2, 0.25) is 0 Å². The summed E-state index contributed by atoms with van der Waals surface area (Å²) in [6.07, 6.45) is 19.5. The van der Waals surface area contributed by atoms with Gasteiger partial charge in [0.15, 0.2) is 0 Å². The van der Waals surface area contributed by atoms with Crippen LogP contribution in [0.5, 0.6) is 0 Å². The molecule has 0 saturated carbocycles. The number of carboxylic acids is 1. The molecule has 1 N–H and O–H groups in total. The summed E-state index contributed by atoms with van der Waals surface area (Å²) in [5.41, 5.74) is 0. The quantitative estimate of drug-likeness (QED) is 0.180. The summed E-state index contributed by atoms with van der Waals surface area (Å²) in [5, 5.41) is 8.74. The molecule has 0 radical (unpaired) electrons. The molecule has 0 aromatic heterocycles. The van der Waals surface area contributed by atoms with Crippen LogP contribution in [0.1, 0.15) is 106 Å². The SMILES string of the molecule is CCCCCCCCCCCCCCCCC(Br)C(=O)O.[Ca+2].[H-].[H-]. The predicted molar refractivity (Wildman–Crippen MR) is 103 cm³/mol. The number of carboxylic acid groups (broad SMARTS) is 1. The van der Waals surface area contributed by atoms with E-state index < -0.39 is 5.97 Å². The predicted octanol–water partition coefficient (Wildman–Crippen LogP) is 6.55. The third-order valence-electron chi connectivity index (χ3n) is 4.08. The maximum absolute atomic E-state index is 10.6. The second kappa shape index (κ2) is 20.3. The summed E-state index contributed by atoms with van der Waals surface area (Å²) >= 11 is 3.18. The molecule has 0 saturated heterocycles. The number of alkyl halides is 1. The Bertz CT molecular complexity index is 247. The van der Waals surface area contributed by atoms with Crippen LogP contribution in [0.25, 0.3) is 0 Å². The molecule has 0 amide bonds. The molecule has 0 aliphatic heterocycles. The van der Waals surface area contributed by atoms with Crippen molar-refractivity contribution in [2.45, 2.75) is 108 Å². The van der Waals surface area contributed by atoms with Crippen molar-refractivity contribution in [1.29, 1.82) is 0 Å². The second-order valence-corrected chi connectivity index (χ2v) is 7.30. The minimum atomic E-state index is -0.732. The van der Waals surface area contributed by atoms with Gasteiger partial charge in [-0.3, -0.25) is 4.79 Å². The summed E-state index contributed by atoms with van der Waals surface area (Å²) in [5.74, 6) is -0.732. The Morgan fingerprint density at radius 1 is 0.818 bits per heavy atom. The van der Waals surface area contributed by atoms with E-state index in [4.69, 9.17) is 5.11 Å². The summed E-state index contributed by atoms with van der Waals surface area (Å²) < 4.78 is 0. The summed E-state index contributed by atoms with van der Waals surface area (Å²) in [6.45, 7) is 2.27. The van der Waals surface area contributed by atoms with Crippen LogP contribution in [-0.2, 0) is 4.79 Å². The number of hydrogen-bond acceptors (Lipinski definition) is 1. The van der Waals surface area contributed by atoms with Gasteiger partial charge in [-0.1, -0.05) is 113 Å². The van der Waals surface area contributed by atoms with Crippen molar-refractivity contribution in [1.82, 2.24) is 0 Å². The van der Waals surface area contributed by atoms with Crippen molar-refractivity contribution in [3.8, 4) is 0 Å². The van der Waals surface area contributed by atoms with Crippen molar-refractivity contribution >= 4 is 59.6 Å². The van der Waals surface area contributed by atoms with Crippen molar-refractivity contribution in [2.75, 3.05) is 0 Å². The van der Waals surface area contributed by atoms with Crippen LogP contribution in [-0.4, -0.2) is 53.6 Å². The first-order valence-electron chi connectivity index (χ1n) is 9.05. The van der Waals surface area contributed by atoms with Crippen molar-refractivity contribution < 1.29 is 12.8 Å². The van der Waals surface area contributed by atoms with Crippen molar-refractivity contribution in [3.63, 3.8) is 0 Å². The van der Waals surface area contributed by atoms with Gasteiger partial charge in [0.1, 0.15) is 4.83 Å².